The molecule has 0 spiro atoms. The minimum Gasteiger partial charge on any atom is -0.497 e. The largest absolute Gasteiger partial charge is 0.497 e. The molecule has 2 aromatic carbocycles. The third-order valence-corrected chi connectivity index (χ3v) is 3.82. The SMILES string of the molecule is COc1ccc(N2C(=O)NC(=O)C(=Cc3ccc(C)cc3)C2=O)cc1. The highest BCUT2D eigenvalue weighted by molar-refractivity contribution is 6.39. The van der Waals surface area contributed by atoms with Gasteiger partial charge in [0.1, 0.15) is 11.3 Å². The van der Waals surface area contributed by atoms with E-state index < -0.39 is 17.8 Å². The van der Waals surface area contributed by atoms with Crippen molar-refractivity contribution in [3.05, 3.63) is 65.2 Å². The fourth-order valence-electron chi connectivity index (χ4n) is 2.45. The van der Waals surface area contributed by atoms with Crippen LogP contribution in [0.1, 0.15) is 11.1 Å². The van der Waals surface area contributed by atoms with E-state index in [2.05, 4.69) is 5.32 Å². The van der Waals surface area contributed by atoms with Gasteiger partial charge >= 0.3 is 6.03 Å². The molecule has 3 rings (SSSR count). The molecular formula is C19H16N2O4. The summed E-state index contributed by atoms with van der Waals surface area (Å²) < 4.78 is 5.07. The maximum absolute atomic E-state index is 12.7. The van der Waals surface area contributed by atoms with E-state index >= 15 is 0 Å². The molecule has 0 saturated carbocycles. The Morgan fingerprint density at radius 2 is 1.60 bits per heavy atom. The topological polar surface area (TPSA) is 75.7 Å². The first-order valence-electron chi connectivity index (χ1n) is 7.62. The number of imide groups is 2. The summed E-state index contributed by atoms with van der Waals surface area (Å²) in [5.74, 6) is -0.778. The number of hydrogen-bond acceptors (Lipinski definition) is 4. The lowest BCUT2D eigenvalue weighted by Gasteiger charge is -2.26. The van der Waals surface area contributed by atoms with Gasteiger partial charge in [0, 0.05) is 0 Å². The van der Waals surface area contributed by atoms with E-state index in [1.807, 2.05) is 19.1 Å². The van der Waals surface area contributed by atoms with Crippen molar-refractivity contribution >= 4 is 29.6 Å². The van der Waals surface area contributed by atoms with Gasteiger partial charge in [0.15, 0.2) is 0 Å². The Balaban J connectivity index is 1.97. The molecule has 1 fully saturated rings. The summed E-state index contributed by atoms with van der Waals surface area (Å²) in [6.07, 6.45) is 1.47. The van der Waals surface area contributed by atoms with Gasteiger partial charge in [0.05, 0.1) is 12.8 Å². The van der Waals surface area contributed by atoms with Gasteiger partial charge in [-0.2, -0.15) is 0 Å². The van der Waals surface area contributed by atoms with Crippen LogP contribution in [0.4, 0.5) is 10.5 Å². The fraction of sp³-hybridized carbons (Fsp3) is 0.105. The molecule has 1 saturated heterocycles. The predicted molar refractivity (Wildman–Crippen MR) is 93.2 cm³/mol. The van der Waals surface area contributed by atoms with Gasteiger partial charge in [0.2, 0.25) is 0 Å². The zero-order valence-electron chi connectivity index (χ0n) is 13.8. The standard InChI is InChI=1S/C19H16N2O4/c1-12-3-5-13(6-4-12)11-16-17(22)20-19(24)21(18(16)23)14-7-9-15(25-2)10-8-14/h3-11H,1-2H3,(H,20,22,24). The number of benzene rings is 2. The number of anilines is 1. The smallest absolute Gasteiger partial charge is 0.335 e. The molecule has 6 nitrogen and oxygen atoms in total. The molecule has 0 aromatic heterocycles. The number of rotatable bonds is 3. The Bertz CT molecular complexity index is 867. The first-order chi connectivity index (χ1) is 12.0. The fourth-order valence-corrected chi connectivity index (χ4v) is 2.45. The van der Waals surface area contributed by atoms with Crippen LogP contribution in [0, 0.1) is 6.92 Å². The Morgan fingerprint density at radius 1 is 0.960 bits per heavy atom. The number of hydrogen-bond donors (Lipinski definition) is 1. The Morgan fingerprint density at radius 3 is 2.20 bits per heavy atom. The molecule has 1 N–H and O–H groups in total. The Hall–Kier alpha value is -3.41. The first kappa shape index (κ1) is 16.4. The minimum absolute atomic E-state index is 0.0979. The number of aryl methyl sites for hydroxylation is 1. The van der Waals surface area contributed by atoms with Crippen LogP contribution in [-0.4, -0.2) is 25.0 Å². The number of nitrogens with zero attached hydrogens (tertiary/aromatic N) is 1. The summed E-state index contributed by atoms with van der Waals surface area (Å²) in [5, 5.41) is 2.20. The highest BCUT2D eigenvalue weighted by Crippen LogP contribution is 2.24. The van der Waals surface area contributed by atoms with Gasteiger partial charge in [0.25, 0.3) is 11.8 Å². The van der Waals surface area contributed by atoms with Crippen LogP contribution in [-0.2, 0) is 9.59 Å². The number of urea groups is 1. The summed E-state index contributed by atoms with van der Waals surface area (Å²) in [6.45, 7) is 1.94. The molecule has 0 aliphatic carbocycles. The summed E-state index contributed by atoms with van der Waals surface area (Å²) in [7, 11) is 1.52. The highest BCUT2D eigenvalue weighted by atomic mass is 16.5. The molecule has 1 aliphatic rings. The molecule has 0 atom stereocenters. The van der Waals surface area contributed by atoms with Crippen LogP contribution in [0.3, 0.4) is 0 Å². The van der Waals surface area contributed by atoms with Gasteiger partial charge in [-0.25, -0.2) is 9.69 Å². The second-order valence-electron chi connectivity index (χ2n) is 5.57. The van der Waals surface area contributed by atoms with E-state index in [0.717, 1.165) is 10.5 Å². The van der Waals surface area contributed by atoms with Gasteiger partial charge in [-0.3, -0.25) is 14.9 Å². The summed E-state index contributed by atoms with van der Waals surface area (Å²) in [5.41, 5.74) is 2.02. The van der Waals surface area contributed by atoms with E-state index in [1.165, 1.54) is 13.2 Å². The number of carbonyl (C=O) groups excluding carboxylic acids is 3. The van der Waals surface area contributed by atoms with Gasteiger partial charge in [-0.15, -0.1) is 0 Å². The molecule has 2 aromatic rings. The van der Waals surface area contributed by atoms with E-state index in [1.54, 1.807) is 36.4 Å². The van der Waals surface area contributed by atoms with E-state index in [-0.39, 0.29) is 5.57 Å². The van der Waals surface area contributed by atoms with Crippen LogP contribution in [0.25, 0.3) is 6.08 Å². The summed E-state index contributed by atoms with van der Waals surface area (Å²) >= 11 is 0. The number of amides is 4. The molecule has 1 aliphatic heterocycles. The van der Waals surface area contributed by atoms with Crippen molar-refractivity contribution in [3.63, 3.8) is 0 Å². The maximum atomic E-state index is 12.7. The average molecular weight is 336 g/mol. The number of barbiturate groups is 1. The molecule has 6 heteroatoms. The van der Waals surface area contributed by atoms with Crippen molar-refractivity contribution in [1.29, 1.82) is 0 Å². The van der Waals surface area contributed by atoms with Crippen molar-refractivity contribution in [3.8, 4) is 5.75 Å². The number of nitrogens with one attached hydrogen (secondary N) is 1. The molecule has 0 bridgehead atoms. The van der Waals surface area contributed by atoms with Crippen molar-refractivity contribution < 1.29 is 19.1 Å². The van der Waals surface area contributed by atoms with Crippen molar-refractivity contribution in [2.45, 2.75) is 6.92 Å². The zero-order chi connectivity index (χ0) is 18.0. The van der Waals surface area contributed by atoms with Crippen LogP contribution in [0.15, 0.2) is 54.1 Å². The van der Waals surface area contributed by atoms with Crippen LogP contribution < -0.4 is 15.0 Å². The van der Waals surface area contributed by atoms with E-state index in [4.69, 9.17) is 4.74 Å². The monoisotopic (exact) mass is 336 g/mol. The molecule has 4 amide bonds. The molecule has 0 radical (unpaired) electrons. The first-order valence-corrected chi connectivity index (χ1v) is 7.62. The Labute approximate surface area is 144 Å². The average Bonchev–Trinajstić information content (AvgIpc) is 2.60. The van der Waals surface area contributed by atoms with Gasteiger partial charge in [-0.1, -0.05) is 29.8 Å². The highest BCUT2D eigenvalue weighted by Gasteiger charge is 2.36. The number of carbonyl (C=O) groups is 3. The minimum atomic E-state index is -0.777. The van der Waals surface area contributed by atoms with Gasteiger partial charge < -0.3 is 4.74 Å². The quantitative estimate of drug-likeness (QED) is 0.691. The van der Waals surface area contributed by atoms with E-state index in [0.29, 0.717) is 17.0 Å². The van der Waals surface area contributed by atoms with Gasteiger partial charge in [-0.05, 0) is 42.8 Å². The lowest BCUT2D eigenvalue weighted by molar-refractivity contribution is -0.122. The van der Waals surface area contributed by atoms with Crippen LogP contribution in [0.2, 0.25) is 0 Å². The molecule has 1 heterocycles. The van der Waals surface area contributed by atoms with E-state index in [9.17, 15) is 14.4 Å². The second kappa shape index (κ2) is 6.60. The van der Waals surface area contributed by atoms with Crippen molar-refractivity contribution in [1.82, 2.24) is 5.32 Å². The second-order valence-corrected chi connectivity index (χ2v) is 5.57. The zero-order valence-corrected chi connectivity index (χ0v) is 13.8. The Kier molecular flexibility index (Phi) is 4.35. The third kappa shape index (κ3) is 3.28. The third-order valence-electron chi connectivity index (χ3n) is 3.82. The van der Waals surface area contributed by atoms with Crippen molar-refractivity contribution in [2.75, 3.05) is 12.0 Å². The molecular weight excluding hydrogens is 320 g/mol. The lowest BCUT2D eigenvalue weighted by Crippen LogP contribution is -2.54. The molecule has 126 valence electrons. The van der Waals surface area contributed by atoms with Crippen molar-refractivity contribution in [2.24, 2.45) is 0 Å². The normalized spacial score (nSPS) is 16.2. The summed E-state index contributed by atoms with van der Waals surface area (Å²) in [4.78, 5) is 37.9. The number of ether oxygens (including phenoxy) is 1. The molecule has 25 heavy (non-hydrogen) atoms. The van der Waals surface area contributed by atoms with Crippen LogP contribution >= 0.6 is 0 Å². The molecule has 0 unspecified atom stereocenters. The maximum Gasteiger partial charge on any atom is 0.335 e. The summed E-state index contributed by atoms with van der Waals surface area (Å²) in [6, 6.07) is 13.0. The van der Waals surface area contributed by atoms with Crippen LogP contribution in [0.5, 0.6) is 5.75 Å². The lowest BCUT2D eigenvalue weighted by atomic mass is 10.1. The number of methoxy groups -OCH3 is 1. The predicted octanol–water partition coefficient (Wildman–Crippen LogP) is 2.67.